The van der Waals surface area contributed by atoms with Gasteiger partial charge in [0, 0.05) is 7.05 Å². The zero-order valence-electron chi connectivity index (χ0n) is 7.02. The highest BCUT2D eigenvalue weighted by Crippen LogP contribution is 2.05. The smallest absolute Gasteiger partial charge is 0.292 e. The Kier molecular flexibility index (Phi) is 2.93. The lowest BCUT2D eigenvalue weighted by Crippen LogP contribution is -2.20. The quantitative estimate of drug-likeness (QED) is 0.525. The summed E-state index contributed by atoms with van der Waals surface area (Å²) in [4.78, 5) is 14.6. The SMILES string of the molecule is CNC(=O)c1noc([C@@H](N)CO)n1. The molecule has 72 valence electrons. The van der Waals surface area contributed by atoms with Crippen LogP contribution >= 0.6 is 0 Å². The molecule has 4 N–H and O–H groups in total. The summed E-state index contributed by atoms with van der Waals surface area (Å²) in [6.45, 7) is -0.310. The molecule has 1 heterocycles. The molecule has 0 radical (unpaired) electrons. The molecule has 0 saturated heterocycles. The van der Waals surface area contributed by atoms with Crippen molar-refractivity contribution in [1.29, 1.82) is 0 Å². The highest BCUT2D eigenvalue weighted by Gasteiger charge is 2.17. The number of rotatable bonds is 3. The van der Waals surface area contributed by atoms with Crippen molar-refractivity contribution in [3.63, 3.8) is 0 Å². The van der Waals surface area contributed by atoms with Gasteiger partial charge in [-0.3, -0.25) is 4.79 Å². The van der Waals surface area contributed by atoms with E-state index in [9.17, 15) is 4.79 Å². The Morgan fingerprint density at radius 1 is 1.85 bits per heavy atom. The van der Waals surface area contributed by atoms with E-state index in [-0.39, 0.29) is 18.3 Å². The monoisotopic (exact) mass is 186 g/mol. The second-order valence-corrected chi connectivity index (χ2v) is 2.32. The third kappa shape index (κ3) is 2.01. The molecule has 1 amide bonds. The lowest BCUT2D eigenvalue weighted by atomic mass is 10.3. The molecule has 0 aliphatic heterocycles. The minimum absolute atomic E-state index is 0.0427. The number of carbonyl (C=O) groups is 1. The largest absolute Gasteiger partial charge is 0.394 e. The lowest BCUT2D eigenvalue weighted by molar-refractivity contribution is 0.0950. The van der Waals surface area contributed by atoms with E-state index in [1.807, 2.05) is 0 Å². The van der Waals surface area contributed by atoms with Crippen LogP contribution in [0.3, 0.4) is 0 Å². The third-order valence-electron chi connectivity index (χ3n) is 1.39. The number of hydrogen-bond acceptors (Lipinski definition) is 6. The molecule has 1 rings (SSSR count). The molecular formula is C6H10N4O3. The van der Waals surface area contributed by atoms with Crippen LogP contribution in [0.25, 0.3) is 0 Å². The Labute approximate surface area is 73.9 Å². The van der Waals surface area contributed by atoms with Crippen LogP contribution in [0.4, 0.5) is 0 Å². The van der Waals surface area contributed by atoms with Gasteiger partial charge in [0.25, 0.3) is 11.7 Å². The van der Waals surface area contributed by atoms with Gasteiger partial charge in [-0.25, -0.2) is 0 Å². The van der Waals surface area contributed by atoms with Crippen molar-refractivity contribution in [3.8, 4) is 0 Å². The van der Waals surface area contributed by atoms with Crippen molar-refractivity contribution in [3.05, 3.63) is 11.7 Å². The van der Waals surface area contributed by atoms with E-state index in [4.69, 9.17) is 10.8 Å². The summed E-state index contributed by atoms with van der Waals surface area (Å²) in [5, 5.41) is 14.3. The van der Waals surface area contributed by atoms with Crippen molar-refractivity contribution < 1.29 is 14.4 Å². The van der Waals surface area contributed by atoms with Crippen molar-refractivity contribution in [2.24, 2.45) is 5.73 Å². The van der Waals surface area contributed by atoms with Crippen LogP contribution in [0.1, 0.15) is 22.6 Å². The highest BCUT2D eigenvalue weighted by atomic mass is 16.5. The maximum atomic E-state index is 10.9. The first-order chi connectivity index (χ1) is 6.19. The molecule has 1 aromatic rings. The summed E-state index contributed by atoms with van der Waals surface area (Å²) in [5.41, 5.74) is 5.37. The van der Waals surface area contributed by atoms with Crippen molar-refractivity contribution in [2.45, 2.75) is 6.04 Å². The number of nitrogens with two attached hydrogens (primary N) is 1. The van der Waals surface area contributed by atoms with Gasteiger partial charge in [0.05, 0.1) is 6.61 Å². The molecular weight excluding hydrogens is 176 g/mol. The van der Waals surface area contributed by atoms with Crippen LogP contribution in [0.5, 0.6) is 0 Å². The van der Waals surface area contributed by atoms with Crippen LogP contribution in [0.2, 0.25) is 0 Å². The molecule has 0 fully saturated rings. The van der Waals surface area contributed by atoms with E-state index in [1.54, 1.807) is 0 Å². The van der Waals surface area contributed by atoms with Crippen LogP contribution < -0.4 is 11.1 Å². The predicted molar refractivity (Wildman–Crippen MR) is 41.7 cm³/mol. The number of amides is 1. The Morgan fingerprint density at radius 2 is 2.54 bits per heavy atom. The van der Waals surface area contributed by atoms with E-state index < -0.39 is 11.9 Å². The van der Waals surface area contributed by atoms with Gasteiger partial charge in [0.1, 0.15) is 6.04 Å². The van der Waals surface area contributed by atoms with Gasteiger partial charge in [0.15, 0.2) is 0 Å². The Balaban J connectivity index is 2.80. The molecule has 0 aliphatic rings. The first-order valence-corrected chi connectivity index (χ1v) is 3.61. The van der Waals surface area contributed by atoms with Crippen molar-refractivity contribution in [2.75, 3.05) is 13.7 Å². The van der Waals surface area contributed by atoms with Gasteiger partial charge in [-0.05, 0) is 0 Å². The predicted octanol–water partition coefficient (Wildman–Crippen LogP) is -1.58. The van der Waals surface area contributed by atoms with E-state index in [0.29, 0.717) is 0 Å². The fourth-order valence-electron chi connectivity index (χ4n) is 0.668. The van der Waals surface area contributed by atoms with E-state index in [0.717, 1.165) is 0 Å². The van der Waals surface area contributed by atoms with Crippen LogP contribution in [-0.4, -0.2) is 34.8 Å². The molecule has 7 heteroatoms. The van der Waals surface area contributed by atoms with E-state index >= 15 is 0 Å². The second kappa shape index (κ2) is 3.97. The van der Waals surface area contributed by atoms with E-state index in [2.05, 4.69) is 20.0 Å². The number of nitrogens with one attached hydrogen (secondary N) is 1. The first kappa shape index (κ1) is 9.62. The van der Waals surface area contributed by atoms with Crippen molar-refractivity contribution >= 4 is 5.91 Å². The molecule has 0 unspecified atom stereocenters. The minimum Gasteiger partial charge on any atom is -0.394 e. The minimum atomic E-state index is -0.745. The molecule has 0 spiro atoms. The highest BCUT2D eigenvalue weighted by molar-refractivity contribution is 5.89. The molecule has 0 aromatic carbocycles. The Morgan fingerprint density at radius 3 is 3.08 bits per heavy atom. The number of aliphatic hydroxyl groups excluding tert-OH is 1. The topological polar surface area (TPSA) is 114 Å². The normalized spacial score (nSPS) is 12.5. The summed E-state index contributed by atoms with van der Waals surface area (Å²) in [5.74, 6) is -0.511. The van der Waals surface area contributed by atoms with Gasteiger partial charge >= 0.3 is 0 Å². The Hall–Kier alpha value is -1.47. The van der Waals surface area contributed by atoms with Gasteiger partial charge < -0.3 is 20.7 Å². The first-order valence-electron chi connectivity index (χ1n) is 3.61. The molecule has 0 aliphatic carbocycles. The molecule has 13 heavy (non-hydrogen) atoms. The zero-order valence-corrected chi connectivity index (χ0v) is 7.02. The van der Waals surface area contributed by atoms with Gasteiger partial charge in [-0.15, -0.1) is 0 Å². The number of hydrogen-bond donors (Lipinski definition) is 3. The fourth-order valence-corrected chi connectivity index (χ4v) is 0.668. The summed E-state index contributed by atoms with van der Waals surface area (Å²) < 4.78 is 4.63. The molecule has 0 saturated carbocycles. The maximum Gasteiger partial charge on any atom is 0.292 e. The van der Waals surface area contributed by atoms with Crippen molar-refractivity contribution in [1.82, 2.24) is 15.5 Å². The van der Waals surface area contributed by atoms with Crippen LogP contribution in [-0.2, 0) is 0 Å². The Bertz CT molecular complexity index is 298. The lowest BCUT2D eigenvalue weighted by Gasteiger charge is -1.98. The summed E-state index contributed by atoms with van der Waals surface area (Å²) in [7, 11) is 1.45. The van der Waals surface area contributed by atoms with E-state index in [1.165, 1.54) is 7.05 Å². The average Bonchev–Trinajstić information content (AvgIpc) is 2.64. The average molecular weight is 186 g/mol. The third-order valence-corrected chi connectivity index (χ3v) is 1.39. The zero-order chi connectivity index (χ0) is 9.84. The molecule has 1 aromatic heterocycles. The second-order valence-electron chi connectivity index (χ2n) is 2.32. The number of carbonyl (C=O) groups excluding carboxylic acids is 1. The van der Waals surface area contributed by atoms with Gasteiger partial charge in [0.2, 0.25) is 5.89 Å². The molecule has 7 nitrogen and oxygen atoms in total. The summed E-state index contributed by atoms with van der Waals surface area (Å²) in [6.07, 6.45) is 0. The maximum absolute atomic E-state index is 10.9. The van der Waals surface area contributed by atoms with Gasteiger partial charge in [-0.2, -0.15) is 4.98 Å². The molecule has 0 bridgehead atoms. The van der Waals surface area contributed by atoms with Crippen LogP contribution in [0.15, 0.2) is 4.52 Å². The van der Waals surface area contributed by atoms with Gasteiger partial charge in [-0.1, -0.05) is 5.16 Å². The molecule has 1 atom stereocenters. The number of aliphatic hydroxyl groups is 1. The standard InChI is InChI=1S/C6H10N4O3/c1-8-5(12)4-9-6(13-10-4)3(7)2-11/h3,11H,2,7H2,1H3,(H,8,12)/t3-/m0/s1. The van der Waals surface area contributed by atoms with Crippen LogP contribution in [0, 0.1) is 0 Å². The summed E-state index contributed by atoms with van der Waals surface area (Å²) in [6, 6.07) is -0.745. The number of aromatic nitrogens is 2. The fraction of sp³-hybridized carbons (Fsp3) is 0.500. The summed E-state index contributed by atoms with van der Waals surface area (Å²) >= 11 is 0. The number of nitrogens with zero attached hydrogens (tertiary/aromatic N) is 2.